The summed E-state index contributed by atoms with van der Waals surface area (Å²) >= 11 is 0. The number of carbonyl (C=O) groups is 1. The number of aldehydes is 1. The Balaban J connectivity index is 2.08. The SMILES string of the molecule is CN(CC=O)Cc1ccc2c(c1)OCCO2. The quantitative estimate of drug-likeness (QED) is 0.713. The van der Waals surface area contributed by atoms with E-state index in [-0.39, 0.29) is 0 Å². The van der Waals surface area contributed by atoms with Gasteiger partial charge >= 0.3 is 0 Å². The van der Waals surface area contributed by atoms with Crippen molar-refractivity contribution in [1.82, 2.24) is 4.90 Å². The second-order valence-corrected chi connectivity index (χ2v) is 3.84. The molecule has 1 aromatic rings. The van der Waals surface area contributed by atoms with E-state index in [0.717, 1.165) is 29.9 Å². The van der Waals surface area contributed by atoms with Crippen LogP contribution in [-0.4, -0.2) is 38.0 Å². The summed E-state index contributed by atoms with van der Waals surface area (Å²) in [6, 6.07) is 5.88. The van der Waals surface area contributed by atoms with Crippen molar-refractivity contribution < 1.29 is 14.3 Å². The van der Waals surface area contributed by atoms with Gasteiger partial charge in [-0.05, 0) is 24.7 Å². The zero-order valence-corrected chi connectivity index (χ0v) is 9.31. The van der Waals surface area contributed by atoms with Gasteiger partial charge in [-0.15, -0.1) is 0 Å². The Morgan fingerprint density at radius 2 is 2.06 bits per heavy atom. The molecule has 0 N–H and O–H groups in total. The van der Waals surface area contributed by atoms with Crippen molar-refractivity contribution in [2.45, 2.75) is 6.54 Å². The van der Waals surface area contributed by atoms with E-state index in [2.05, 4.69) is 0 Å². The van der Waals surface area contributed by atoms with Gasteiger partial charge in [-0.2, -0.15) is 0 Å². The first kappa shape index (κ1) is 11.0. The maximum absolute atomic E-state index is 10.4. The largest absolute Gasteiger partial charge is 0.486 e. The van der Waals surface area contributed by atoms with Crippen molar-refractivity contribution in [3.8, 4) is 11.5 Å². The number of hydrogen-bond donors (Lipinski definition) is 0. The standard InChI is InChI=1S/C12H15NO3/c1-13(4-5-14)9-10-2-3-11-12(8-10)16-7-6-15-11/h2-3,5,8H,4,6-7,9H2,1H3. The number of nitrogens with zero attached hydrogens (tertiary/aromatic N) is 1. The van der Waals surface area contributed by atoms with Crippen LogP contribution in [0, 0.1) is 0 Å². The summed E-state index contributed by atoms with van der Waals surface area (Å²) in [7, 11) is 1.91. The van der Waals surface area contributed by atoms with Crippen LogP contribution in [0.3, 0.4) is 0 Å². The lowest BCUT2D eigenvalue weighted by Gasteiger charge is -2.20. The highest BCUT2D eigenvalue weighted by atomic mass is 16.6. The fourth-order valence-corrected chi connectivity index (χ4v) is 1.69. The fraction of sp³-hybridized carbons (Fsp3) is 0.417. The van der Waals surface area contributed by atoms with Crippen LogP contribution >= 0.6 is 0 Å². The third kappa shape index (κ3) is 2.52. The number of ether oxygens (including phenoxy) is 2. The molecule has 0 saturated carbocycles. The molecule has 1 aliphatic rings. The molecule has 4 nitrogen and oxygen atoms in total. The van der Waals surface area contributed by atoms with E-state index in [0.29, 0.717) is 19.8 Å². The van der Waals surface area contributed by atoms with Crippen molar-refractivity contribution in [3.63, 3.8) is 0 Å². The molecular formula is C12H15NO3. The Hall–Kier alpha value is -1.55. The highest BCUT2D eigenvalue weighted by molar-refractivity contribution is 5.52. The molecule has 1 heterocycles. The highest BCUT2D eigenvalue weighted by Crippen LogP contribution is 2.30. The molecule has 0 saturated heterocycles. The molecule has 0 aromatic heterocycles. The fourth-order valence-electron chi connectivity index (χ4n) is 1.69. The smallest absolute Gasteiger partial charge is 0.161 e. The molecule has 0 fully saturated rings. The minimum atomic E-state index is 0.439. The highest BCUT2D eigenvalue weighted by Gasteiger charge is 2.12. The van der Waals surface area contributed by atoms with Crippen LogP contribution in [0.2, 0.25) is 0 Å². The molecular weight excluding hydrogens is 206 g/mol. The van der Waals surface area contributed by atoms with E-state index in [1.807, 2.05) is 30.1 Å². The molecule has 1 aliphatic heterocycles. The summed E-state index contributed by atoms with van der Waals surface area (Å²) in [5.74, 6) is 1.59. The third-order valence-corrected chi connectivity index (χ3v) is 2.45. The summed E-state index contributed by atoms with van der Waals surface area (Å²) in [6.07, 6.45) is 0.901. The molecule has 4 heteroatoms. The van der Waals surface area contributed by atoms with Crippen LogP contribution in [0.1, 0.15) is 5.56 Å². The predicted molar refractivity (Wildman–Crippen MR) is 59.8 cm³/mol. The maximum atomic E-state index is 10.4. The topological polar surface area (TPSA) is 38.8 Å². The van der Waals surface area contributed by atoms with Crippen LogP contribution < -0.4 is 9.47 Å². The lowest BCUT2D eigenvalue weighted by Crippen LogP contribution is -2.20. The van der Waals surface area contributed by atoms with Gasteiger partial charge in [0, 0.05) is 6.54 Å². The second kappa shape index (κ2) is 4.99. The molecule has 1 aromatic carbocycles. The summed E-state index contributed by atoms with van der Waals surface area (Å²) in [5.41, 5.74) is 1.12. The van der Waals surface area contributed by atoms with E-state index in [9.17, 15) is 4.79 Å². The van der Waals surface area contributed by atoms with Crippen molar-refractivity contribution in [2.75, 3.05) is 26.8 Å². The number of rotatable bonds is 4. The normalized spacial score (nSPS) is 13.9. The van der Waals surface area contributed by atoms with E-state index >= 15 is 0 Å². The van der Waals surface area contributed by atoms with Gasteiger partial charge in [0.15, 0.2) is 11.5 Å². The average Bonchev–Trinajstić information content (AvgIpc) is 2.29. The lowest BCUT2D eigenvalue weighted by molar-refractivity contribution is -0.108. The van der Waals surface area contributed by atoms with Crippen molar-refractivity contribution in [3.05, 3.63) is 23.8 Å². The Labute approximate surface area is 94.8 Å². The zero-order valence-electron chi connectivity index (χ0n) is 9.31. The van der Waals surface area contributed by atoms with E-state index in [1.54, 1.807) is 0 Å². The monoisotopic (exact) mass is 221 g/mol. The predicted octanol–water partition coefficient (Wildman–Crippen LogP) is 1.09. The molecule has 0 atom stereocenters. The average molecular weight is 221 g/mol. The van der Waals surface area contributed by atoms with E-state index in [1.165, 1.54) is 0 Å². The summed E-state index contributed by atoms with van der Waals surface area (Å²) in [5, 5.41) is 0. The second-order valence-electron chi connectivity index (χ2n) is 3.84. The number of benzene rings is 1. The Kier molecular flexibility index (Phi) is 3.41. The summed E-state index contributed by atoms with van der Waals surface area (Å²) in [4.78, 5) is 12.3. The van der Waals surface area contributed by atoms with Gasteiger partial charge in [-0.3, -0.25) is 4.90 Å². The van der Waals surface area contributed by atoms with Gasteiger partial charge in [-0.25, -0.2) is 0 Å². The summed E-state index contributed by atoms with van der Waals surface area (Å²) < 4.78 is 10.9. The van der Waals surface area contributed by atoms with Gasteiger partial charge < -0.3 is 14.3 Å². The first-order valence-electron chi connectivity index (χ1n) is 5.30. The van der Waals surface area contributed by atoms with Crippen molar-refractivity contribution in [2.24, 2.45) is 0 Å². The first-order valence-corrected chi connectivity index (χ1v) is 5.30. The van der Waals surface area contributed by atoms with Gasteiger partial charge in [0.2, 0.25) is 0 Å². The molecule has 2 rings (SSSR count). The molecule has 0 unspecified atom stereocenters. The molecule has 0 amide bonds. The minimum Gasteiger partial charge on any atom is -0.486 e. The maximum Gasteiger partial charge on any atom is 0.161 e. The molecule has 0 radical (unpaired) electrons. The molecule has 86 valence electrons. The summed E-state index contributed by atoms with van der Waals surface area (Å²) in [6.45, 7) is 2.38. The van der Waals surface area contributed by atoms with E-state index < -0.39 is 0 Å². The van der Waals surface area contributed by atoms with Gasteiger partial charge in [0.25, 0.3) is 0 Å². The van der Waals surface area contributed by atoms with Gasteiger partial charge in [0.05, 0.1) is 6.54 Å². The van der Waals surface area contributed by atoms with Crippen LogP contribution in [0.5, 0.6) is 11.5 Å². The number of likely N-dealkylation sites (N-methyl/N-ethyl adjacent to an activating group) is 1. The molecule has 0 bridgehead atoms. The molecule has 16 heavy (non-hydrogen) atoms. The van der Waals surface area contributed by atoms with Crippen LogP contribution in [-0.2, 0) is 11.3 Å². The Morgan fingerprint density at radius 3 is 2.81 bits per heavy atom. The number of hydrogen-bond acceptors (Lipinski definition) is 4. The molecule has 0 aliphatic carbocycles. The first-order chi connectivity index (χ1) is 7.79. The minimum absolute atomic E-state index is 0.439. The zero-order chi connectivity index (χ0) is 11.4. The van der Waals surface area contributed by atoms with Crippen LogP contribution in [0.25, 0.3) is 0 Å². The number of fused-ring (bicyclic) bond motifs is 1. The van der Waals surface area contributed by atoms with Crippen LogP contribution in [0.4, 0.5) is 0 Å². The van der Waals surface area contributed by atoms with Crippen molar-refractivity contribution >= 4 is 6.29 Å². The van der Waals surface area contributed by atoms with Gasteiger partial charge in [-0.1, -0.05) is 6.07 Å². The Bertz CT molecular complexity index is 379. The third-order valence-electron chi connectivity index (χ3n) is 2.45. The van der Waals surface area contributed by atoms with E-state index in [4.69, 9.17) is 9.47 Å². The van der Waals surface area contributed by atoms with Crippen LogP contribution in [0.15, 0.2) is 18.2 Å². The lowest BCUT2D eigenvalue weighted by atomic mass is 10.2. The Morgan fingerprint density at radius 1 is 1.31 bits per heavy atom. The van der Waals surface area contributed by atoms with Crippen molar-refractivity contribution in [1.29, 1.82) is 0 Å². The molecule has 0 spiro atoms. The van der Waals surface area contributed by atoms with Gasteiger partial charge in [0.1, 0.15) is 19.5 Å². The number of carbonyl (C=O) groups excluding carboxylic acids is 1.